The Morgan fingerprint density at radius 1 is 0.846 bits per heavy atom. The number of nitrogens with zero attached hydrogens (tertiary/aromatic N) is 1. The van der Waals surface area contributed by atoms with Crippen LogP contribution in [-0.2, 0) is 6.61 Å². The maximum absolute atomic E-state index is 12.0. The Bertz CT molecular complexity index is 873. The first-order valence-electron chi connectivity index (χ1n) is 8.39. The van der Waals surface area contributed by atoms with Gasteiger partial charge in [-0.05, 0) is 54.4 Å². The molecule has 0 aliphatic heterocycles. The molecule has 0 bridgehead atoms. The average molecular weight is 344 g/mol. The molecular formula is C22H20N2O2. The largest absolute Gasteiger partial charge is 0.489 e. The van der Waals surface area contributed by atoms with Crippen molar-refractivity contribution >= 4 is 11.6 Å². The molecule has 4 nitrogen and oxygen atoms in total. The molecule has 0 aliphatic carbocycles. The highest BCUT2D eigenvalue weighted by Gasteiger charge is 2.04. The third kappa shape index (κ3) is 4.80. The summed E-state index contributed by atoms with van der Waals surface area (Å²) in [6, 6.07) is 26.7. The number of hydrogen-bond donors (Lipinski definition) is 1. The minimum absolute atomic E-state index is 0.229. The fourth-order valence-corrected chi connectivity index (χ4v) is 2.39. The van der Waals surface area contributed by atoms with Gasteiger partial charge >= 0.3 is 0 Å². The summed E-state index contributed by atoms with van der Waals surface area (Å²) in [7, 11) is 0. The molecule has 0 spiro atoms. The Hall–Kier alpha value is -3.40. The van der Waals surface area contributed by atoms with E-state index < -0.39 is 0 Å². The summed E-state index contributed by atoms with van der Waals surface area (Å²) in [5.74, 6) is 0.562. The molecule has 0 heterocycles. The lowest BCUT2D eigenvalue weighted by atomic mass is 10.1. The van der Waals surface area contributed by atoms with E-state index in [9.17, 15) is 4.79 Å². The predicted molar refractivity (Wildman–Crippen MR) is 103 cm³/mol. The van der Waals surface area contributed by atoms with Crippen LogP contribution < -0.4 is 10.2 Å². The number of benzene rings is 3. The third-order valence-corrected chi connectivity index (χ3v) is 3.88. The summed E-state index contributed by atoms with van der Waals surface area (Å²) >= 11 is 0. The van der Waals surface area contributed by atoms with Gasteiger partial charge in [0, 0.05) is 5.56 Å². The molecule has 0 atom stereocenters. The Balaban J connectivity index is 1.58. The van der Waals surface area contributed by atoms with Crippen LogP contribution in [0.3, 0.4) is 0 Å². The van der Waals surface area contributed by atoms with E-state index in [4.69, 9.17) is 4.74 Å². The second-order valence-corrected chi connectivity index (χ2v) is 5.80. The molecule has 0 aromatic heterocycles. The third-order valence-electron chi connectivity index (χ3n) is 3.88. The first kappa shape index (κ1) is 17.4. The molecule has 3 rings (SSSR count). The summed E-state index contributed by atoms with van der Waals surface area (Å²) in [5, 5.41) is 4.17. The van der Waals surface area contributed by atoms with Crippen molar-refractivity contribution in [3.05, 3.63) is 102 Å². The quantitative estimate of drug-likeness (QED) is 0.531. The van der Waals surface area contributed by atoms with E-state index in [1.54, 1.807) is 12.1 Å². The van der Waals surface area contributed by atoms with E-state index in [1.165, 1.54) is 0 Å². The molecule has 0 aliphatic rings. The number of carbonyl (C=O) groups is 1. The molecule has 0 saturated heterocycles. The second kappa shape index (κ2) is 8.62. The van der Waals surface area contributed by atoms with Crippen LogP contribution in [-0.4, -0.2) is 11.6 Å². The number of ether oxygens (including phenoxy) is 1. The average Bonchev–Trinajstić information content (AvgIpc) is 2.72. The van der Waals surface area contributed by atoms with Crippen LogP contribution in [0.2, 0.25) is 0 Å². The van der Waals surface area contributed by atoms with Gasteiger partial charge in [0.2, 0.25) is 0 Å². The van der Waals surface area contributed by atoms with Gasteiger partial charge in [-0.25, -0.2) is 5.43 Å². The van der Waals surface area contributed by atoms with Gasteiger partial charge in [0.1, 0.15) is 12.4 Å². The monoisotopic (exact) mass is 344 g/mol. The van der Waals surface area contributed by atoms with Crippen LogP contribution >= 0.6 is 0 Å². The molecule has 4 heteroatoms. The van der Waals surface area contributed by atoms with Crippen molar-refractivity contribution in [1.29, 1.82) is 0 Å². The van der Waals surface area contributed by atoms with Gasteiger partial charge < -0.3 is 4.74 Å². The topological polar surface area (TPSA) is 50.7 Å². The summed E-state index contributed by atoms with van der Waals surface area (Å²) in [4.78, 5) is 12.0. The van der Waals surface area contributed by atoms with E-state index in [-0.39, 0.29) is 5.91 Å². The lowest BCUT2D eigenvalue weighted by Gasteiger charge is -2.07. The van der Waals surface area contributed by atoms with Crippen LogP contribution in [0, 0.1) is 0 Å². The van der Waals surface area contributed by atoms with Gasteiger partial charge in [-0.3, -0.25) is 4.79 Å². The molecule has 1 N–H and O–H groups in total. The van der Waals surface area contributed by atoms with Crippen molar-refractivity contribution < 1.29 is 9.53 Å². The lowest BCUT2D eigenvalue weighted by molar-refractivity contribution is 0.0955. The van der Waals surface area contributed by atoms with E-state index in [2.05, 4.69) is 10.5 Å². The van der Waals surface area contributed by atoms with Gasteiger partial charge in [-0.15, -0.1) is 0 Å². The Morgan fingerprint density at radius 3 is 2.12 bits per heavy atom. The normalized spacial score (nSPS) is 11.0. The van der Waals surface area contributed by atoms with Gasteiger partial charge in [0.15, 0.2) is 0 Å². The van der Waals surface area contributed by atoms with Crippen molar-refractivity contribution in [2.45, 2.75) is 13.5 Å². The van der Waals surface area contributed by atoms with Crippen molar-refractivity contribution in [3.63, 3.8) is 0 Å². The summed E-state index contributed by atoms with van der Waals surface area (Å²) < 4.78 is 5.77. The lowest BCUT2D eigenvalue weighted by Crippen LogP contribution is -2.19. The van der Waals surface area contributed by atoms with Crippen LogP contribution in [0.15, 0.2) is 90.0 Å². The maximum Gasteiger partial charge on any atom is 0.271 e. The Labute approximate surface area is 153 Å². The zero-order valence-corrected chi connectivity index (χ0v) is 14.6. The van der Waals surface area contributed by atoms with Crippen molar-refractivity contribution in [2.75, 3.05) is 0 Å². The smallest absolute Gasteiger partial charge is 0.271 e. The fourth-order valence-electron chi connectivity index (χ4n) is 2.39. The standard InChI is InChI=1S/C22H20N2O2/c1-17(23-24-22(25)20-10-6-3-7-11-20)19-12-14-21(15-13-19)26-16-18-8-4-2-5-9-18/h2-15H,16H2,1H3,(H,24,25)/b23-17+. The van der Waals surface area contributed by atoms with Gasteiger partial charge in [0.25, 0.3) is 5.91 Å². The number of nitrogens with one attached hydrogen (secondary N) is 1. The van der Waals surface area contributed by atoms with Gasteiger partial charge in [-0.2, -0.15) is 5.10 Å². The van der Waals surface area contributed by atoms with E-state index >= 15 is 0 Å². The molecule has 0 fully saturated rings. The van der Waals surface area contributed by atoms with Crippen LogP contribution in [0.25, 0.3) is 0 Å². The van der Waals surface area contributed by atoms with E-state index in [0.717, 1.165) is 22.6 Å². The van der Waals surface area contributed by atoms with Crippen LogP contribution in [0.4, 0.5) is 0 Å². The highest BCUT2D eigenvalue weighted by molar-refractivity contribution is 6.00. The molecule has 3 aromatic rings. The molecule has 26 heavy (non-hydrogen) atoms. The number of rotatable bonds is 6. The first-order valence-corrected chi connectivity index (χ1v) is 8.39. The maximum atomic E-state index is 12.0. The summed E-state index contributed by atoms with van der Waals surface area (Å²) in [6.45, 7) is 2.38. The number of hydrogen-bond acceptors (Lipinski definition) is 3. The van der Waals surface area contributed by atoms with Crippen LogP contribution in [0.1, 0.15) is 28.4 Å². The minimum atomic E-state index is -0.229. The predicted octanol–water partition coefficient (Wildman–Crippen LogP) is 4.42. The molecule has 0 saturated carbocycles. The zero-order chi connectivity index (χ0) is 18.2. The van der Waals surface area contributed by atoms with Gasteiger partial charge in [-0.1, -0.05) is 48.5 Å². The van der Waals surface area contributed by atoms with Crippen molar-refractivity contribution in [2.24, 2.45) is 5.10 Å². The zero-order valence-electron chi connectivity index (χ0n) is 14.6. The second-order valence-electron chi connectivity index (χ2n) is 5.80. The Morgan fingerprint density at radius 2 is 1.46 bits per heavy atom. The van der Waals surface area contributed by atoms with E-state index in [1.807, 2.05) is 79.7 Å². The highest BCUT2D eigenvalue weighted by atomic mass is 16.5. The highest BCUT2D eigenvalue weighted by Crippen LogP contribution is 2.15. The number of hydrazone groups is 1. The van der Waals surface area contributed by atoms with Crippen molar-refractivity contribution in [1.82, 2.24) is 5.43 Å². The number of amides is 1. The number of carbonyl (C=O) groups excluding carboxylic acids is 1. The SMILES string of the molecule is C/C(=N\NC(=O)c1ccccc1)c1ccc(OCc2ccccc2)cc1. The molecular weight excluding hydrogens is 324 g/mol. The molecule has 3 aromatic carbocycles. The molecule has 1 amide bonds. The summed E-state index contributed by atoms with van der Waals surface area (Å²) in [5.41, 5.74) is 5.92. The van der Waals surface area contributed by atoms with Gasteiger partial charge in [0.05, 0.1) is 5.71 Å². The molecule has 0 radical (unpaired) electrons. The minimum Gasteiger partial charge on any atom is -0.489 e. The fraction of sp³-hybridized carbons (Fsp3) is 0.0909. The summed E-state index contributed by atoms with van der Waals surface area (Å²) in [6.07, 6.45) is 0. The van der Waals surface area contributed by atoms with Crippen LogP contribution in [0.5, 0.6) is 5.75 Å². The Kier molecular flexibility index (Phi) is 5.78. The first-order chi connectivity index (χ1) is 12.7. The molecule has 130 valence electrons. The molecule has 0 unspecified atom stereocenters. The van der Waals surface area contributed by atoms with Crippen molar-refractivity contribution in [3.8, 4) is 5.75 Å². The van der Waals surface area contributed by atoms with E-state index in [0.29, 0.717) is 12.2 Å².